The summed E-state index contributed by atoms with van der Waals surface area (Å²) in [5.41, 5.74) is 8.92. The molecule has 2 aromatic rings. The van der Waals surface area contributed by atoms with E-state index in [1.807, 2.05) is 56.3 Å². The van der Waals surface area contributed by atoms with Crippen molar-refractivity contribution in [3.05, 3.63) is 54.1 Å². The van der Waals surface area contributed by atoms with E-state index in [9.17, 15) is 4.79 Å². The highest BCUT2D eigenvalue weighted by Crippen LogP contribution is 2.26. The third-order valence-electron chi connectivity index (χ3n) is 4.29. The number of nitrogens with one attached hydrogen (secondary N) is 1. The number of hydrogen-bond acceptors (Lipinski definition) is 3. The van der Waals surface area contributed by atoms with E-state index in [-0.39, 0.29) is 24.5 Å². The zero-order valence-corrected chi connectivity index (χ0v) is 15.8. The topological polar surface area (TPSA) is 80.0 Å². The molecule has 0 radical (unpaired) electrons. The van der Waals surface area contributed by atoms with E-state index in [2.05, 4.69) is 16.4 Å². The Balaban J connectivity index is 1.58. The third-order valence-corrected chi connectivity index (χ3v) is 4.29. The lowest BCUT2D eigenvalue weighted by molar-refractivity contribution is -0.117. The van der Waals surface area contributed by atoms with E-state index in [0.29, 0.717) is 0 Å². The fraction of sp³-hybridized carbons (Fsp3) is 0.333. The number of fused-ring (bicyclic) bond motifs is 1. The maximum atomic E-state index is 12.6. The summed E-state index contributed by atoms with van der Waals surface area (Å²) in [6, 6.07) is 15.5. The van der Waals surface area contributed by atoms with E-state index < -0.39 is 0 Å². The third kappa shape index (κ3) is 5.00. The molecule has 0 unspecified atom stereocenters. The van der Waals surface area contributed by atoms with Crippen LogP contribution in [0.25, 0.3) is 0 Å². The SMILES string of the molecule is CC(C)Oc1ccc(NC(N)=NCC(=O)N2CCCc3ccccc32)cc1. The Labute approximate surface area is 160 Å². The molecule has 6 nitrogen and oxygen atoms in total. The van der Waals surface area contributed by atoms with Crippen LogP contribution >= 0.6 is 0 Å². The monoisotopic (exact) mass is 366 g/mol. The highest BCUT2D eigenvalue weighted by molar-refractivity contribution is 5.99. The summed E-state index contributed by atoms with van der Waals surface area (Å²) in [7, 11) is 0. The number of anilines is 2. The number of aryl methyl sites for hydroxylation is 1. The Bertz CT molecular complexity index is 815. The first-order valence-electron chi connectivity index (χ1n) is 9.25. The molecule has 0 bridgehead atoms. The van der Waals surface area contributed by atoms with Gasteiger partial charge < -0.3 is 20.7 Å². The fourth-order valence-electron chi connectivity index (χ4n) is 3.11. The Morgan fingerprint density at radius 1 is 1.22 bits per heavy atom. The molecule has 0 saturated carbocycles. The first kappa shape index (κ1) is 18.8. The molecule has 1 aliphatic heterocycles. The lowest BCUT2D eigenvalue weighted by atomic mass is 10.0. The van der Waals surface area contributed by atoms with Gasteiger partial charge in [0, 0.05) is 17.9 Å². The molecule has 0 saturated heterocycles. The van der Waals surface area contributed by atoms with Crippen LogP contribution in [0.4, 0.5) is 11.4 Å². The van der Waals surface area contributed by atoms with Gasteiger partial charge in [-0.25, -0.2) is 4.99 Å². The number of carbonyl (C=O) groups excluding carboxylic acids is 1. The number of benzene rings is 2. The summed E-state index contributed by atoms with van der Waals surface area (Å²) in [5, 5.41) is 3.00. The number of para-hydroxylation sites is 1. The maximum absolute atomic E-state index is 12.6. The largest absolute Gasteiger partial charge is 0.491 e. The number of amides is 1. The minimum Gasteiger partial charge on any atom is -0.491 e. The smallest absolute Gasteiger partial charge is 0.248 e. The van der Waals surface area contributed by atoms with Crippen LogP contribution in [0.1, 0.15) is 25.8 Å². The van der Waals surface area contributed by atoms with Crippen molar-refractivity contribution >= 4 is 23.2 Å². The normalized spacial score (nSPS) is 14.0. The summed E-state index contributed by atoms with van der Waals surface area (Å²) < 4.78 is 5.61. The van der Waals surface area contributed by atoms with Gasteiger partial charge in [-0.15, -0.1) is 0 Å². The number of carbonyl (C=O) groups is 1. The van der Waals surface area contributed by atoms with Gasteiger partial charge in [0.1, 0.15) is 12.3 Å². The Morgan fingerprint density at radius 3 is 2.70 bits per heavy atom. The molecule has 142 valence electrons. The number of guanidine groups is 1. The number of hydrogen-bond donors (Lipinski definition) is 2. The number of rotatable bonds is 5. The molecule has 1 heterocycles. The second-order valence-electron chi connectivity index (χ2n) is 6.80. The number of aliphatic imine (C=N–C) groups is 1. The van der Waals surface area contributed by atoms with E-state index in [1.165, 1.54) is 5.56 Å². The van der Waals surface area contributed by atoms with Gasteiger partial charge in [-0.3, -0.25) is 4.79 Å². The summed E-state index contributed by atoms with van der Waals surface area (Å²) in [5.74, 6) is 0.962. The van der Waals surface area contributed by atoms with Crippen molar-refractivity contribution in [1.82, 2.24) is 0 Å². The Kier molecular flexibility index (Phi) is 5.96. The number of nitrogens with zero attached hydrogens (tertiary/aromatic N) is 2. The second kappa shape index (κ2) is 8.58. The average Bonchev–Trinajstić information content (AvgIpc) is 2.67. The average molecular weight is 366 g/mol. The van der Waals surface area contributed by atoms with E-state index in [1.54, 1.807) is 4.90 Å². The van der Waals surface area contributed by atoms with Crippen LogP contribution in [0.3, 0.4) is 0 Å². The van der Waals surface area contributed by atoms with Crippen LogP contribution in [-0.4, -0.2) is 31.1 Å². The molecule has 27 heavy (non-hydrogen) atoms. The fourth-order valence-corrected chi connectivity index (χ4v) is 3.11. The van der Waals surface area contributed by atoms with Gasteiger partial charge in [-0.1, -0.05) is 18.2 Å². The van der Waals surface area contributed by atoms with Gasteiger partial charge in [0.2, 0.25) is 5.91 Å². The van der Waals surface area contributed by atoms with E-state index in [4.69, 9.17) is 10.5 Å². The molecular formula is C21H26N4O2. The molecule has 0 atom stereocenters. The van der Waals surface area contributed by atoms with Crippen LogP contribution < -0.4 is 20.7 Å². The van der Waals surface area contributed by atoms with Crippen molar-refractivity contribution in [1.29, 1.82) is 0 Å². The van der Waals surface area contributed by atoms with Gasteiger partial charge in [0.05, 0.1) is 6.10 Å². The second-order valence-corrected chi connectivity index (χ2v) is 6.80. The summed E-state index contributed by atoms with van der Waals surface area (Å²) in [4.78, 5) is 18.6. The number of nitrogens with two attached hydrogens (primary N) is 1. The first-order chi connectivity index (χ1) is 13.0. The molecule has 0 aromatic heterocycles. The zero-order chi connectivity index (χ0) is 19.2. The molecule has 0 aliphatic carbocycles. The zero-order valence-electron chi connectivity index (χ0n) is 15.8. The molecule has 1 aliphatic rings. The van der Waals surface area contributed by atoms with Crippen molar-refractivity contribution in [2.24, 2.45) is 10.7 Å². The highest BCUT2D eigenvalue weighted by atomic mass is 16.5. The van der Waals surface area contributed by atoms with E-state index in [0.717, 1.165) is 36.5 Å². The molecule has 6 heteroatoms. The van der Waals surface area contributed by atoms with Crippen LogP contribution in [0.5, 0.6) is 5.75 Å². The van der Waals surface area contributed by atoms with Gasteiger partial charge in [0.15, 0.2) is 5.96 Å². The van der Waals surface area contributed by atoms with Gasteiger partial charge >= 0.3 is 0 Å². The molecule has 3 N–H and O–H groups in total. The van der Waals surface area contributed by atoms with Crippen molar-refractivity contribution in [3.63, 3.8) is 0 Å². The molecule has 1 amide bonds. The Hall–Kier alpha value is -3.02. The standard InChI is InChI=1S/C21H26N4O2/c1-15(2)27-18-11-9-17(10-12-18)24-21(22)23-14-20(26)25-13-5-7-16-6-3-4-8-19(16)25/h3-4,6,8-12,15H,5,7,13-14H2,1-2H3,(H3,22,23,24). The van der Waals surface area contributed by atoms with Crippen molar-refractivity contribution in [3.8, 4) is 5.75 Å². The van der Waals surface area contributed by atoms with Gasteiger partial charge in [-0.2, -0.15) is 0 Å². The number of ether oxygens (including phenoxy) is 1. The van der Waals surface area contributed by atoms with Crippen LogP contribution in [-0.2, 0) is 11.2 Å². The lowest BCUT2D eigenvalue weighted by Crippen LogP contribution is -2.37. The van der Waals surface area contributed by atoms with E-state index >= 15 is 0 Å². The van der Waals surface area contributed by atoms with Gasteiger partial charge in [-0.05, 0) is 62.6 Å². The van der Waals surface area contributed by atoms with Crippen molar-refractivity contribution in [2.75, 3.05) is 23.3 Å². The molecular weight excluding hydrogens is 340 g/mol. The summed E-state index contributed by atoms with van der Waals surface area (Å²) in [6.07, 6.45) is 2.09. The van der Waals surface area contributed by atoms with Crippen molar-refractivity contribution < 1.29 is 9.53 Å². The predicted octanol–water partition coefficient (Wildman–Crippen LogP) is 3.18. The minimum absolute atomic E-state index is 0.0156. The summed E-state index contributed by atoms with van der Waals surface area (Å²) >= 11 is 0. The quantitative estimate of drug-likeness (QED) is 0.629. The first-order valence-corrected chi connectivity index (χ1v) is 9.25. The molecule has 0 spiro atoms. The molecule has 2 aromatic carbocycles. The predicted molar refractivity (Wildman–Crippen MR) is 109 cm³/mol. The van der Waals surface area contributed by atoms with Crippen LogP contribution in [0.2, 0.25) is 0 Å². The Morgan fingerprint density at radius 2 is 1.96 bits per heavy atom. The molecule has 0 fully saturated rings. The minimum atomic E-state index is -0.0485. The van der Waals surface area contributed by atoms with Gasteiger partial charge in [0.25, 0.3) is 0 Å². The van der Waals surface area contributed by atoms with Crippen LogP contribution in [0, 0.1) is 0 Å². The maximum Gasteiger partial charge on any atom is 0.248 e. The lowest BCUT2D eigenvalue weighted by Gasteiger charge is -2.29. The van der Waals surface area contributed by atoms with Crippen molar-refractivity contribution in [2.45, 2.75) is 32.8 Å². The van der Waals surface area contributed by atoms with Crippen LogP contribution in [0.15, 0.2) is 53.5 Å². The highest BCUT2D eigenvalue weighted by Gasteiger charge is 2.21. The molecule has 3 rings (SSSR count). The summed E-state index contributed by atoms with van der Waals surface area (Å²) in [6.45, 7) is 4.70.